The summed E-state index contributed by atoms with van der Waals surface area (Å²) in [6.45, 7) is 5.79. The molecule has 0 bridgehead atoms. The molecule has 0 radical (unpaired) electrons. The predicted molar refractivity (Wildman–Crippen MR) is 73.3 cm³/mol. The number of halogens is 1. The van der Waals surface area contributed by atoms with Gasteiger partial charge in [-0.1, -0.05) is 17.7 Å². The van der Waals surface area contributed by atoms with Crippen LogP contribution >= 0.6 is 11.6 Å². The van der Waals surface area contributed by atoms with Crippen LogP contribution in [0.25, 0.3) is 0 Å². The van der Waals surface area contributed by atoms with E-state index in [2.05, 4.69) is 19.2 Å². The smallest absolute Gasteiger partial charge is 0.124 e. The molecule has 4 heteroatoms. The summed E-state index contributed by atoms with van der Waals surface area (Å²) in [6, 6.07) is 5.71. The van der Waals surface area contributed by atoms with Crippen LogP contribution in [0, 0.1) is 0 Å². The summed E-state index contributed by atoms with van der Waals surface area (Å²) < 4.78 is 11.0. The highest BCUT2D eigenvalue weighted by Gasteiger charge is 2.36. The molecule has 1 aromatic carbocycles. The molecule has 1 saturated heterocycles. The van der Waals surface area contributed by atoms with Crippen molar-refractivity contribution in [2.45, 2.75) is 38.5 Å². The fourth-order valence-corrected chi connectivity index (χ4v) is 2.49. The lowest BCUT2D eigenvalue weighted by atomic mass is 9.94. The fraction of sp³-hybridized carbons (Fsp3) is 0.571. The third kappa shape index (κ3) is 2.63. The van der Waals surface area contributed by atoms with Gasteiger partial charge in [0, 0.05) is 29.3 Å². The maximum atomic E-state index is 6.22. The van der Waals surface area contributed by atoms with E-state index >= 15 is 0 Å². The van der Waals surface area contributed by atoms with Gasteiger partial charge in [-0.15, -0.1) is 0 Å². The van der Waals surface area contributed by atoms with Gasteiger partial charge in [0.15, 0.2) is 0 Å². The largest absolute Gasteiger partial charge is 0.496 e. The molecule has 1 aliphatic rings. The lowest BCUT2D eigenvalue weighted by Gasteiger charge is -2.29. The zero-order valence-corrected chi connectivity index (χ0v) is 11.9. The molecule has 1 heterocycles. The second kappa shape index (κ2) is 5.47. The van der Waals surface area contributed by atoms with Crippen molar-refractivity contribution in [3.8, 4) is 5.75 Å². The van der Waals surface area contributed by atoms with E-state index in [-0.39, 0.29) is 11.6 Å². The van der Waals surface area contributed by atoms with Crippen LogP contribution in [-0.4, -0.2) is 25.4 Å². The average Bonchev–Trinajstić information content (AvgIpc) is 2.68. The Morgan fingerprint density at radius 2 is 2.33 bits per heavy atom. The molecule has 1 aromatic rings. The first kappa shape index (κ1) is 13.7. The first-order chi connectivity index (χ1) is 8.57. The maximum absolute atomic E-state index is 6.22. The molecule has 2 unspecified atom stereocenters. The third-order valence-corrected chi connectivity index (χ3v) is 4.21. The first-order valence-electron chi connectivity index (χ1n) is 6.25. The Morgan fingerprint density at radius 3 is 2.94 bits per heavy atom. The molecule has 3 nitrogen and oxygen atoms in total. The Hall–Kier alpha value is -0.770. The predicted octanol–water partition coefficient (Wildman–Crippen LogP) is 3.01. The Bertz CT molecular complexity index is 424. The number of nitrogens with one attached hydrogen (secondary N) is 1. The van der Waals surface area contributed by atoms with Crippen LogP contribution < -0.4 is 10.1 Å². The normalized spacial score (nSPS) is 27.4. The fourth-order valence-electron chi connectivity index (χ4n) is 2.26. The van der Waals surface area contributed by atoms with Crippen molar-refractivity contribution >= 4 is 11.6 Å². The van der Waals surface area contributed by atoms with Crippen LogP contribution in [-0.2, 0) is 11.3 Å². The molecule has 0 amide bonds. The van der Waals surface area contributed by atoms with Crippen LogP contribution in [0.1, 0.15) is 25.8 Å². The Morgan fingerprint density at radius 1 is 1.56 bits per heavy atom. The highest BCUT2D eigenvalue weighted by molar-refractivity contribution is 6.31. The van der Waals surface area contributed by atoms with Crippen molar-refractivity contribution in [2.24, 2.45) is 0 Å². The molecule has 1 aliphatic heterocycles. The second-order valence-corrected chi connectivity index (χ2v) is 5.36. The van der Waals surface area contributed by atoms with Crippen LogP contribution in [0.2, 0.25) is 5.02 Å². The maximum Gasteiger partial charge on any atom is 0.124 e. The topological polar surface area (TPSA) is 30.5 Å². The van der Waals surface area contributed by atoms with Gasteiger partial charge in [-0.2, -0.15) is 0 Å². The van der Waals surface area contributed by atoms with Crippen molar-refractivity contribution in [2.75, 3.05) is 13.7 Å². The van der Waals surface area contributed by atoms with E-state index in [9.17, 15) is 0 Å². The van der Waals surface area contributed by atoms with E-state index < -0.39 is 0 Å². The van der Waals surface area contributed by atoms with Crippen molar-refractivity contribution < 1.29 is 9.47 Å². The number of methoxy groups -OCH3 is 1. The molecule has 18 heavy (non-hydrogen) atoms. The van der Waals surface area contributed by atoms with Crippen molar-refractivity contribution in [1.82, 2.24) is 5.32 Å². The number of rotatable bonds is 4. The lowest BCUT2D eigenvalue weighted by Crippen LogP contribution is -2.47. The minimum absolute atomic E-state index is 0.00415. The van der Waals surface area contributed by atoms with Gasteiger partial charge in [-0.25, -0.2) is 0 Å². The van der Waals surface area contributed by atoms with Gasteiger partial charge in [-0.3, -0.25) is 0 Å². The monoisotopic (exact) mass is 269 g/mol. The molecule has 100 valence electrons. The van der Waals surface area contributed by atoms with E-state index in [1.54, 1.807) is 7.11 Å². The third-order valence-electron chi connectivity index (χ3n) is 3.85. The Kier molecular flexibility index (Phi) is 4.15. The van der Waals surface area contributed by atoms with E-state index in [1.807, 2.05) is 18.2 Å². The van der Waals surface area contributed by atoms with Gasteiger partial charge in [0.05, 0.1) is 13.2 Å². The molecular weight excluding hydrogens is 250 g/mol. The summed E-state index contributed by atoms with van der Waals surface area (Å²) >= 11 is 6.22. The lowest BCUT2D eigenvalue weighted by molar-refractivity contribution is 0.0880. The van der Waals surface area contributed by atoms with E-state index in [0.717, 1.165) is 29.4 Å². The molecule has 1 N–H and O–H groups in total. The Balaban J connectivity index is 2.10. The zero-order valence-electron chi connectivity index (χ0n) is 11.1. The van der Waals surface area contributed by atoms with Crippen molar-refractivity contribution in [3.05, 3.63) is 28.8 Å². The van der Waals surface area contributed by atoms with Crippen LogP contribution in [0.4, 0.5) is 0 Å². The number of benzene rings is 1. The van der Waals surface area contributed by atoms with Crippen molar-refractivity contribution in [3.63, 3.8) is 0 Å². The molecule has 2 atom stereocenters. The molecule has 0 aromatic heterocycles. The highest BCUT2D eigenvalue weighted by Crippen LogP contribution is 2.29. The van der Waals surface area contributed by atoms with Gasteiger partial charge in [-0.05, 0) is 32.4 Å². The SMILES string of the molecule is COc1cccc(Cl)c1CNC1(C)CCOC1C. The minimum atomic E-state index is 0.00415. The summed E-state index contributed by atoms with van der Waals surface area (Å²) in [6.07, 6.45) is 1.23. The summed E-state index contributed by atoms with van der Waals surface area (Å²) in [5, 5.41) is 4.28. The summed E-state index contributed by atoms with van der Waals surface area (Å²) in [4.78, 5) is 0. The molecule has 0 saturated carbocycles. The first-order valence-corrected chi connectivity index (χ1v) is 6.62. The molecule has 0 spiro atoms. The van der Waals surface area contributed by atoms with Gasteiger partial charge in [0.1, 0.15) is 5.75 Å². The molecule has 1 fully saturated rings. The average molecular weight is 270 g/mol. The van der Waals surface area contributed by atoms with Crippen LogP contribution in [0.5, 0.6) is 5.75 Å². The molecule has 0 aliphatic carbocycles. The van der Waals surface area contributed by atoms with Crippen LogP contribution in [0.15, 0.2) is 18.2 Å². The second-order valence-electron chi connectivity index (χ2n) is 4.95. The molecule has 2 rings (SSSR count). The van der Waals surface area contributed by atoms with Gasteiger partial charge in [0.25, 0.3) is 0 Å². The standard InChI is InChI=1S/C14H20ClNO2/c1-10-14(2,7-8-18-10)16-9-11-12(15)5-4-6-13(11)17-3/h4-6,10,16H,7-9H2,1-3H3. The van der Waals surface area contributed by atoms with Crippen molar-refractivity contribution in [1.29, 1.82) is 0 Å². The summed E-state index contributed by atoms with van der Waals surface area (Å²) in [5.41, 5.74) is 1.01. The van der Waals surface area contributed by atoms with E-state index in [1.165, 1.54) is 0 Å². The number of ether oxygens (including phenoxy) is 2. The van der Waals surface area contributed by atoms with E-state index in [0.29, 0.717) is 6.54 Å². The van der Waals surface area contributed by atoms with Gasteiger partial charge in [0.2, 0.25) is 0 Å². The van der Waals surface area contributed by atoms with E-state index in [4.69, 9.17) is 21.1 Å². The minimum Gasteiger partial charge on any atom is -0.496 e. The molecular formula is C14H20ClNO2. The zero-order chi connectivity index (χ0) is 13.2. The summed E-state index contributed by atoms with van der Waals surface area (Å²) in [5.74, 6) is 0.824. The number of hydrogen-bond acceptors (Lipinski definition) is 3. The van der Waals surface area contributed by atoms with Crippen LogP contribution in [0.3, 0.4) is 0 Å². The van der Waals surface area contributed by atoms with Gasteiger partial charge < -0.3 is 14.8 Å². The summed E-state index contributed by atoms with van der Waals surface area (Å²) in [7, 11) is 1.66. The Labute approximate surface area is 113 Å². The number of hydrogen-bond donors (Lipinski definition) is 1. The quantitative estimate of drug-likeness (QED) is 0.912. The highest BCUT2D eigenvalue weighted by atomic mass is 35.5. The van der Waals surface area contributed by atoms with Gasteiger partial charge >= 0.3 is 0 Å².